The van der Waals surface area contributed by atoms with Gasteiger partial charge >= 0.3 is 0 Å². The van der Waals surface area contributed by atoms with Crippen molar-refractivity contribution < 1.29 is 13.9 Å². The number of benzene rings is 2. The highest BCUT2D eigenvalue weighted by Gasteiger charge is 2.51. The number of carbonyl (C=O) groups is 1. The SMILES string of the molecule is Cc1nc2c(F)c(-c3cccc(Cl)c3Cl)c(CCC#N)cc2c2c1cc(C1CC(n3cc(C4CCCO4)nn3)CN1C(=O)C1CC1)n2C1C2CNC1C2. The lowest BCUT2D eigenvalue weighted by molar-refractivity contribution is -0.133. The van der Waals surface area contributed by atoms with Crippen molar-refractivity contribution in [3.8, 4) is 17.2 Å². The van der Waals surface area contributed by atoms with Gasteiger partial charge in [-0.2, -0.15) is 5.26 Å². The van der Waals surface area contributed by atoms with E-state index in [0.29, 0.717) is 58.1 Å². The van der Waals surface area contributed by atoms with Crippen molar-refractivity contribution in [1.82, 2.24) is 34.8 Å². The number of likely N-dealkylation sites (tertiary alicyclic amines) is 1. The summed E-state index contributed by atoms with van der Waals surface area (Å²) in [4.78, 5) is 21.1. The summed E-state index contributed by atoms with van der Waals surface area (Å²) in [6.45, 7) is 4.13. The van der Waals surface area contributed by atoms with Gasteiger partial charge in [-0.1, -0.05) is 40.5 Å². The number of hydrogen-bond donors (Lipinski definition) is 1. The molecule has 2 saturated carbocycles. The van der Waals surface area contributed by atoms with Crippen molar-refractivity contribution in [3.63, 3.8) is 0 Å². The van der Waals surface area contributed by atoms with Gasteiger partial charge in [0.25, 0.3) is 0 Å². The van der Waals surface area contributed by atoms with Crippen LogP contribution in [0.4, 0.5) is 4.39 Å². The van der Waals surface area contributed by atoms with Crippen LogP contribution in [0.15, 0.2) is 36.5 Å². The summed E-state index contributed by atoms with van der Waals surface area (Å²) in [5, 5.41) is 24.6. The molecule has 6 fully saturated rings. The van der Waals surface area contributed by atoms with Crippen molar-refractivity contribution in [2.24, 2.45) is 11.8 Å². The number of amides is 1. The molecular weight excluding hydrogens is 714 g/mol. The molecular formula is C40H39Cl2FN8O2. The highest BCUT2D eigenvalue weighted by molar-refractivity contribution is 6.43. The van der Waals surface area contributed by atoms with Crippen molar-refractivity contribution in [3.05, 3.63) is 75.0 Å². The Morgan fingerprint density at radius 1 is 1.17 bits per heavy atom. The molecule has 2 bridgehead atoms. The van der Waals surface area contributed by atoms with Crippen LogP contribution in [0.25, 0.3) is 32.9 Å². The molecule has 0 spiro atoms. The summed E-state index contributed by atoms with van der Waals surface area (Å²) in [7, 11) is 0. The third-order valence-corrected chi connectivity index (χ3v) is 13.2. The number of aryl methyl sites for hydroxylation is 2. The number of hydrogen-bond acceptors (Lipinski definition) is 7. The monoisotopic (exact) mass is 752 g/mol. The smallest absolute Gasteiger partial charge is 0.226 e. The summed E-state index contributed by atoms with van der Waals surface area (Å²) in [5.74, 6) is 0.176. The number of ether oxygens (including phenoxy) is 1. The number of fused-ring (bicyclic) bond motifs is 4. The molecule has 272 valence electrons. The number of nitriles is 1. The van der Waals surface area contributed by atoms with Crippen LogP contribution in [0, 0.1) is 35.9 Å². The van der Waals surface area contributed by atoms with Crippen LogP contribution in [0.1, 0.15) is 91.8 Å². The fourth-order valence-corrected chi connectivity index (χ4v) is 10.0. The van der Waals surface area contributed by atoms with E-state index in [9.17, 15) is 10.1 Å². The predicted molar refractivity (Wildman–Crippen MR) is 199 cm³/mol. The molecule has 7 heterocycles. The largest absolute Gasteiger partial charge is 0.372 e. The molecule has 13 heteroatoms. The van der Waals surface area contributed by atoms with Crippen LogP contribution in [-0.2, 0) is 16.0 Å². The zero-order chi connectivity index (χ0) is 36.1. The number of aromatic nitrogens is 5. The first-order chi connectivity index (χ1) is 25.8. The van der Waals surface area contributed by atoms with E-state index in [0.717, 1.165) is 67.5 Å². The molecule has 10 nitrogen and oxygen atoms in total. The van der Waals surface area contributed by atoms with E-state index in [1.54, 1.807) is 18.2 Å². The van der Waals surface area contributed by atoms with Crippen LogP contribution in [0.5, 0.6) is 0 Å². The molecule has 1 N–H and O–H groups in total. The highest BCUT2D eigenvalue weighted by Crippen LogP contribution is 2.52. The summed E-state index contributed by atoms with van der Waals surface area (Å²) >= 11 is 13.1. The highest BCUT2D eigenvalue weighted by atomic mass is 35.5. The number of halogens is 3. The van der Waals surface area contributed by atoms with E-state index in [-0.39, 0.29) is 59.1 Å². The van der Waals surface area contributed by atoms with Gasteiger partial charge < -0.3 is 19.5 Å². The number of carbonyl (C=O) groups excluding carboxylic acids is 1. The standard InChI is InChI=1S/C40H39Cl2FN8O2/c1-20-26-16-32(31-15-24(18-49(31)40(52)21-9-10-21)50-19-30(47-48-50)33-8-4-12-53-33)51(38-23-14-29(38)45-17-23)39(26)27-13-22(5-3-11-44)34(36(43)37(27)46-20)25-6-2-7-28(41)35(25)42/h2,6-7,13,16,19,21,23-24,29,31,33,38,45H,3-5,8-10,12,14-15,17-18H2,1H3. The van der Waals surface area contributed by atoms with Crippen LogP contribution in [0.3, 0.4) is 0 Å². The first kappa shape index (κ1) is 33.5. The van der Waals surface area contributed by atoms with Gasteiger partial charge in [-0.05, 0) is 81.5 Å². The number of nitrogens with zero attached hydrogens (tertiary/aromatic N) is 7. The predicted octanol–water partition coefficient (Wildman–Crippen LogP) is 7.97. The van der Waals surface area contributed by atoms with Gasteiger partial charge in [0, 0.05) is 71.4 Å². The Kier molecular flexibility index (Phi) is 8.06. The van der Waals surface area contributed by atoms with Gasteiger partial charge in [0.1, 0.15) is 17.3 Å². The molecule has 4 aliphatic heterocycles. The van der Waals surface area contributed by atoms with Crippen LogP contribution < -0.4 is 5.32 Å². The zero-order valence-electron chi connectivity index (χ0n) is 29.4. The van der Waals surface area contributed by atoms with E-state index < -0.39 is 5.82 Å². The molecule has 3 aromatic heterocycles. The van der Waals surface area contributed by atoms with Crippen molar-refractivity contribution >= 4 is 50.9 Å². The van der Waals surface area contributed by atoms with Crippen LogP contribution in [0.2, 0.25) is 10.0 Å². The number of rotatable bonds is 8. The summed E-state index contributed by atoms with van der Waals surface area (Å²) in [5.41, 5.74) is 5.27. The molecule has 53 heavy (non-hydrogen) atoms. The van der Waals surface area contributed by atoms with Gasteiger partial charge in [-0.3, -0.25) is 4.79 Å². The maximum Gasteiger partial charge on any atom is 0.226 e. The maximum absolute atomic E-state index is 17.2. The second kappa shape index (κ2) is 12.8. The van der Waals surface area contributed by atoms with E-state index in [4.69, 9.17) is 32.9 Å². The summed E-state index contributed by atoms with van der Waals surface area (Å²) in [6, 6.07) is 11.8. The maximum atomic E-state index is 17.2. The van der Waals surface area contributed by atoms with Gasteiger partial charge in [-0.15, -0.1) is 5.10 Å². The molecule has 1 amide bonds. The minimum Gasteiger partial charge on any atom is -0.372 e. The first-order valence-corrected chi connectivity index (χ1v) is 19.6. The van der Waals surface area contributed by atoms with E-state index in [1.807, 2.05) is 23.9 Å². The average Bonchev–Trinajstić information content (AvgIpc) is 3.83. The lowest BCUT2D eigenvalue weighted by Crippen LogP contribution is -2.41. The fourth-order valence-electron chi connectivity index (χ4n) is 9.62. The minimum atomic E-state index is -0.478. The Morgan fingerprint density at radius 2 is 2.04 bits per heavy atom. The van der Waals surface area contributed by atoms with Gasteiger partial charge in [0.15, 0.2) is 5.82 Å². The van der Waals surface area contributed by atoms with E-state index in [1.165, 1.54) is 0 Å². The molecule has 6 atom stereocenters. The fraction of sp³-hybridized carbons (Fsp3) is 0.475. The number of pyridine rings is 1. The molecule has 6 aliphatic rings. The van der Waals surface area contributed by atoms with Crippen LogP contribution >= 0.6 is 23.2 Å². The van der Waals surface area contributed by atoms with Crippen LogP contribution in [-0.4, -0.2) is 61.1 Å². The second-order valence-electron chi connectivity index (χ2n) is 15.6. The molecule has 2 aromatic carbocycles. The van der Waals surface area contributed by atoms with Gasteiger partial charge in [-0.25, -0.2) is 14.1 Å². The molecule has 0 radical (unpaired) electrons. The first-order valence-electron chi connectivity index (χ1n) is 18.9. The molecule has 2 aliphatic carbocycles. The Morgan fingerprint density at radius 3 is 2.77 bits per heavy atom. The topological polar surface area (TPSA) is 114 Å². The Bertz CT molecular complexity index is 2340. The molecule has 11 rings (SSSR count). The van der Waals surface area contributed by atoms with Gasteiger partial charge in [0.05, 0.1) is 46.0 Å². The number of nitrogens with one attached hydrogen (secondary N) is 1. The average molecular weight is 754 g/mol. The molecule has 6 unspecified atom stereocenters. The zero-order valence-corrected chi connectivity index (χ0v) is 30.9. The normalized spacial score (nSPS) is 26.5. The third-order valence-electron chi connectivity index (χ3n) is 12.4. The molecule has 5 aromatic rings. The third kappa shape index (κ3) is 5.31. The minimum absolute atomic E-state index is 0.0353. The summed E-state index contributed by atoms with van der Waals surface area (Å²) in [6.07, 6.45) is 8.04. The summed E-state index contributed by atoms with van der Waals surface area (Å²) < 4.78 is 27.5. The van der Waals surface area contributed by atoms with E-state index >= 15 is 4.39 Å². The van der Waals surface area contributed by atoms with E-state index in [2.05, 4.69) is 37.2 Å². The second-order valence-corrected chi connectivity index (χ2v) is 16.4. The quantitative estimate of drug-likeness (QED) is 0.171. The Labute approximate surface area is 316 Å². The molecule has 4 saturated heterocycles. The Hall–Kier alpha value is -4.08. The Balaban J connectivity index is 1.17. The van der Waals surface area contributed by atoms with Crippen molar-refractivity contribution in [2.75, 3.05) is 19.7 Å². The lowest BCUT2D eigenvalue weighted by Gasteiger charge is -2.39. The lowest BCUT2D eigenvalue weighted by atomic mass is 9.79. The van der Waals surface area contributed by atoms with Gasteiger partial charge in [0.2, 0.25) is 5.91 Å². The van der Waals surface area contributed by atoms with Crippen molar-refractivity contribution in [2.45, 2.75) is 88.6 Å². The van der Waals surface area contributed by atoms with Crippen molar-refractivity contribution in [1.29, 1.82) is 5.26 Å².